The number of aromatic nitrogens is 2. The molecule has 2 fully saturated rings. The molecule has 3 rings (SSSR count). The molecule has 0 saturated carbocycles. The molecule has 1 aromatic rings. The summed E-state index contributed by atoms with van der Waals surface area (Å²) in [6, 6.07) is 0. The molecule has 0 unspecified atom stereocenters. The van der Waals surface area contributed by atoms with Gasteiger partial charge in [-0.3, -0.25) is 4.68 Å². The Hall–Kier alpha value is -0.920. The molecule has 2 saturated heterocycles. The van der Waals surface area contributed by atoms with Crippen LogP contribution < -0.4 is 0 Å². The predicted molar refractivity (Wildman–Crippen MR) is 90.0 cm³/mol. The van der Waals surface area contributed by atoms with E-state index in [4.69, 9.17) is 0 Å². The highest BCUT2D eigenvalue weighted by Gasteiger charge is 2.38. The Morgan fingerprint density at radius 3 is 2.48 bits per heavy atom. The number of piperidine rings is 1. The first-order valence-electron chi connectivity index (χ1n) is 8.57. The lowest BCUT2D eigenvalue weighted by Gasteiger charge is -2.36. The van der Waals surface area contributed by atoms with Gasteiger partial charge in [0.05, 0.1) is 6.20 Å². The van der Waals surface area contributed by atoms with Gasteiger partial charge >= 0.3 is 0 Å². The molecule has 2 aliphatic rings. The van der Waals surface area contributed by atoms with Gasteiger partial charge in [0.15, 0.2) is 0 Å². The fraction of sp³-hybridized carbons (Fsp3) is 0.812. The molecular formula is C16H28N4O2S. The van der Waals surface area contributed by atoms with Gasteiger partial charge in [-0.1, -0.05) is 13.8 Å². The average molecular weight is 340 g/mol. The summed E-state index contributed by atoms with van der Waals surface area (Å²) in [6.45, 7) is 6.90. The summed E-state index contributed by atoms with van der Waals surface area (Å²) in [4.78, 5) is 0. The molecule has 2 aliphatic heterocycles. The highest BCUT2D eigenvalue weighted by Crippen LogP contribution is 2.28. The molecule has 7 heteroatoms. The molecule has 130 valence electrons. The molecular weight excluding hydrogens is 312 g/mol. The van der Waals surface area contributed by atoms with Crippen LogP contribution in [0.1, 0.15) is 32.3 Å². The first-order valence-corrected chi connectivity index (χ1v) is 9.97. The Morgan fingerprint density at radius 2 is 1.87 bits per heavy atom. The maximum absolute atomic E-state index is 12.9. The van der Waals surface area contributed by atoms with E-state index in [0.717, 1.165) is 19.3 Å². The Labute approximate surface area is 139 Å². The lowest BCUT2D eigenvalue weighted by atomic mass is 9.94. The van der Waals surface area contributed by atoms with E-state index in [1.165, 1.54) is 5.56 Å². The quantitative estimate of drug-likeness (QED) is 0.835. The van der Waals surface area contributed by atoms with E-state index in [1.807, 2.05) is 19.4 Å². The second-order valence-electron chi connectivity index (χ2n) is 7.51. The fourth-order valence-corrected chi connectivity index (χ4v) is 5.99. The maximum atomic E-state index is 12.9. The zero-order valence-electron chi connectivity index (χ0n) is 14.4. The molecule has 3 heterocycles. The zero-order valence-corrected chi connectivity index (χ0v) is 15.2. The summed E-state index contributed by atoms with van der Waals surface area (Å²) >= 11 is 0. The summed E-state index contributed by atoms with van der Waals surface area (Å²) in [7, 11) is -1.39. The molecule has 0 aromatic carbocycles. The number of rotatable bonds is 4. The van der Waals surface area contributed by atoms with E-state index in [2.05, 4.69) is 18.9 Å². The SMILES string of the molecule is C[C@@H]1C[C@@H](C)CN(S(=O)(=O)N2CC[C@@H](Cc3cnn(C)c3)C2)C1. The number of hydrogen-bond acceptors (Lipinski definition) is 3. The van der Waals surface area contributed by atoms with Crippen molar-refractivity contribution in [3.63, 3.8) is 0 Å². The molecule has 3 atom stereocenters. The molecule has 23 heavy (non-hydrogen) atoms. The van der Waals surface area contributed by atoms with Crippen LogP contribution in [0.3, 0.4) is 0 Å². The normalized spacial score (nSPS) is 30.8. The van der Waals surface area contributed by atoms with Crippen molar-refractivity contribution in [3.8, 4) is 0 Å². The van der Waals surface area contributed by atoms with Gasteiger partial charge in [0.25, 0.3) is 10.2 Å². The molecule has 0 N–H and O–H groups in total. The second-order valence-corrected chi connectivity index (χ2v) is 9.44. The van der Waals surface area contributed by atoms with Crippen LogP contribution >= 0.6 is 0 Å². The van der Waals surface area contributed by atoms with Crippen LogP contribution in [0.5, 0.6) is 0 Å². The van der Waals surface area contributed by atoms with Gasteiger partial charge in [0, 0.05) is 39.4 Å². The molecule has 1 aromatic heterocycles. The zero-order chi connectivity index (χ0) is 16.6. The van der Waals surface area contributed by atoms with Crippen LogP contribution in [-0.2, 0) is 23.7 Å². The monoisotopic (exact) mass is 340 g/mol. The Balaban J connectivity index is 1.63. The minimum absolute atomic E-state index is 0.397. The van der Waals surface area contributed by atoms with Crippen LogP contribution in [0.4, 0.5) is 0 Å². The Morgan fingerprint density at radius 1 is 1.17 bits per heavy atom. The average Bonchev–Trinajstić information content (AvgIpc) is 3.08. The van der Waals surface area contributed by atoms with Gasteiger partial charge in [-0.15, -0.1) is 0 Å². The van der Waals surface area contributed by atoms with Crippen LogP contribution in [0, 0.1) is 17.8 Å². The van der Waals surface area contributed by atoms with Gasteiger partial charge in [-0.05, 0) is 42.6 Å². The first-order chi connectivity index (χ1) is 10.8. The van der Waals surface area contributed by atoms with Crippen LogP contribution in [0.15, 0.2) is 12.4 Å². The van der Waals surface area contributed by atoms with Gasteiger partial charge in [-0.25, -0.2) is 0 Å². The summed E-state index contributed by atoms with van der Waals surface area (Å²) in [5.74, 6) is 1.29. The third-order valence-electron chi connectivity index (χ3n) is 5.02. The van der Waals surface area contributed by atoms with Crippen molar-refractivity contribution >= 4 is 10.2 Å². The van der Waals surface area contributed by atoms with Crippen molar-refractivity contribution in [2.24, 2.45) is 24.8 Å². The predicted octanol–water partition coefficient (Wildman–Crippen LogP) is 1.51. The van der Waals surface area contributed by atoms with Crippen molar-refractivity contribution in [1.82, 2.24) is 18.4 Å². The standard InChI is InChI=1S/C16H28N4O2S/c1-13-6-14(2)10-20(9-13)23(21,22)19-5-4-15(12-19)7-16-8-17-18(3)11-16/h8,11,13-15H,4-7,9-10,12H2,1-3H3/t13-,14-,15+/m1/s1. The van der Waals surface area contributed by atoms with Gasteiger partial charge in [0.2, 0.25) is 0 Å². The smallest absolute Gasteiger partial charge is 0.276 e. The third kappa shape index (κ3) is 3.78. The number of aryl methyl sites for hydroxylation is 1. The molecule has 6 nitrogen and oxygen atoms in total. The summed E-state index contributed by atoms with van der Waals surface area (Å²) in [5, 5.41) is 4.19. The van der Waals surface area contributed by atoms with Crippen molar-refractivity contribution in [1.29, 1.82) is 0 Å². The summed E-state index contributed by atoms with van der Waals surface area (Å²) in [5.41, 5.74) is 1.19. The first kappa shape index (κ1) is 16.9. The van der Waals surface area contributed by atoms with Crippen LogP contribution in [-0.4, -0.2) is 53.0 Å². The second kappa shape index (κ2) is 6.53. The van der Waals surface area contributed by atoms with E-state index in [-0.39, 0.29) is 0 Å². The topological polar surface area (TPSA) is 58.4 Å². The van der Waals surface area contributed by atoms with Gasteiger partial charge in [0.1, 0.15) is 0 Å². The minimum Gasteiger partial charge on any atom is -0.276 e. The molecule has 0 spiro atoms. The van der Waals surface area contributed by atoms with Gasteiger partial charge in [-0.2, -0.15) is 22.1 Å². The molecule has 0 radical (unpaired) electrons. The van der Waals surface area contributed by atoms with Crippen LogP contribution in [0.25, 0.3) is 0 Å². The van der Waals surface area contributed by atoms with E-state index in [0.29, 0.717) is 43.9 Å². The van der Waals surface area contributed by atoms with E-state index >= 15 is 0 Å². The van der Waals surface area contributed by atoms with Crippen LogP contribution in [0.2, 0.25) is 0 Å². The van der Waals surface area contributed by atoms with Crippen molar-refractivity contribution in [2.45, 2.75) is 33.1 Å². The highest BCUT2D eigenvalue weighted by atomic mass is 32.2. The van der Waals surface area contributed by atoms with Crippen molar-refractivity contribution in [2.75, 3.05) is 26.2 Å². The molecule has 0 amide bonds. The fourth-order valence-electron chi connectivity index (χ4n) is 4.04. The van der Waals surface area contributed by atoms with Crippen molar-refractivity contribution in [3.05, 3.63) is 18.0 Å². The third-order valence-corrected chi connectivity index (χ3v) is 6.95. The number of nitrogens with zero attached hydrogens (tertiary/aromatic N) is 4. The molecule has 0 aliphatic carbocycles. The summed E-state index contributed by atoms with van der Waals surface area (Å²) in [6.07, 6.45) is 6.87. The van der Waals surface area contributed by atoms with E-state index in [9.17, 15) is 8.42 Å². The molecule has 0 bridgehead atoms. The van der Waals surface area contributed by atoms with E-state index < -0.39 is 10.2 Å². The Kier molecular flexibility index (Phi) is 4.80. The lowest BCUT2D eigenvalue weighted by Crippen LogP contribution is -2.48. The highest BCUT2D eigenvalue weighted by molar-refractivity contribution is 7.86. The van der Waals surface area contributed by atoms with Gasteiger partial charge < -0.3 is 0 Å². The largest absolute Gasteiger partial charge is 0.282 e. The Bertz CT molecular complexity index is 632. The summed E-state index contributed by atoms with van der Waals surface area (Å²) < 4.78 is 31.0. The van der Waals surface area contributed by atoms with E-state index in [1.54, 1.807) is 13.3 Å². The minimum atomic E-state index is -3.30. The van der Waals surface area contributed by atoms with Crippen molar-refractivity contribution < 1.29 is 8.42 Å². The maximum Gasteiger partial charge on any atom is 0.282 e. The number of hydrogen-bond donors (Lipinski definition) is 0. The lowest BCUT2D eigenvalue weighted by molar-refractivity contribution is 0.211.